The zero-order valence-corrected chi connectivity index (χ0v) is 26.2. The van der Waals surface area contributed by atoms with E-state index < -0.39 is 12.5 Å². The number of carbonyl (C=O) groups is 2. The number of hydrogen-bond donors (Lipinski definition) is 1. The molecule has 3 aliphatic rings. The molecule has 0 bridgehead atoms. The van der Waals surface area contributed by atoms with Crippen LogP contribution in [0.2, 0.25) is 0 Å². The van der Waals surface area contributed by atoms with Crippen LogP contribution in [0, 0.1) is 0 Å². The second kappa shape index (κ2) is 12.7. The summed E-state index contributed by atoms with van der Waals surface area (Å²) in [7, 11) is 1.76. The van der Waals surface area contributed by atoms with Crippen molar-refractivity contribution in [1.82, 2.24) is 29.4 Å². The molecule has 5 heterocycles. The van der Waals surface area contributed by atoms with Crippen LogP contribution in [0.25, 0.3) is 11.1 Å². The summed E-state index contributed by atoms with van der Waals surface area (Å²) in [6.07, 6.45) is 2.63. The molecule has 1 fully saturated rings. The van der Waals surface area contributed by atoms with Gasteiger partial charge in [0.2, 0.25) is 0 Å². The van der Waals surface area contributed by atoms with Crippen LogP contribution >= 0.6 is 0 Å². The minimum absolute atomic E-state index is 0.000828. The highest BCUT2D eigenvalue weighted by Gasteiger charge is 2.35. The first-order chi connectivity index (χ1) is 22.8. The van der Waals surface area contributed by atoms with Crippen LogP contribution in [0.4, 0.5) is 29.9 Å². The Morgan fingerprint density at radius 2 is 1.83 bits per heavy atom. The van der Waals surface area contributed by atoms with Gasteiger partial charge in [0, 0.05) is 73.9 Å². The molecule has 4 aromatic rings. The van der Waals surface area contributed by atoms with Crippen molar-refractivity contribution in [2.75, 3.05) is 31.1 Å². The number of amides is 2. The van der Waals surface area contributed by atoms with E-state index in [-0.39, 0.29) is 30.9 Å². The number of halogens is 2. The molecule has 2 amide bonds. The predicted molar refractivity (Wildman–Crippen MR) is 170 cm³/mol. The van der Waals surface area contributed by atoms with Crippen LogP contribution in [-0.2, 0) is 37.8 Å². The molecule has 246 valence electrons. The first kappa shape index (κ1) is 30.7. The van der Waals surface area contributed by atoms with Crippen molar-refractivity contribution >= 4 is 23.7 Å². The van der Waals surface area contributed by atoms with Gasteiger partial charge in [0.25, 0.3) is 6.43 Å². The van der Waals surface area contributed by atoms with Crippen molar-refractivity contribution in [2.24, 2.45) is 7.05 Å². The Balaban J connectivity index is 1.18. The number of hydrogen-bond acceptors (Lipinski definition) is 6. The van der Waals surface area contributed by atoms with Gasteiger partial charge in [-0.2, -0.15) is 10.2 Å². The SMILES string of the molecule is Cn1cc(-c2cc3c(cc2C(F)F)N(c2nn(C4CCN(C(=O)OCc5ccccc5)CC4)c4c2CN(C(=O)O)CC4)CCC3)cn1. The Morgan fingerprint density at radius 3 is 2.53 bits per heavy atom. The summed E-state index contributed by atoms with van der Waals surface area (Å²) in [6.45, 7) is 2.31. The third-order valence-electron chi connectivity index (χ3n) is 9.49. The Bertz CT molecular complexity index is 1780. The number of carbonyl (C=O) groups excluding carboxylic acids is 1. The van der Waals surface area contributed by atoms with Gasteiger partial charge in [-0.05, 0) is 54.5 Å². The summed E-state index contributed by atoms with van der Waals surface area (Å²) in [5.74, 6) is 0.617. The molecule has 0 saturated carbocycles. The number of aromatic nitrogens is 4. The van der Waals surface area contributed by atoms with Crippen molar-refractivity contribution in [3.8, 4) is 11.1 Å². The molecule has 0 radical (unpaired) electrons. The summed E-state index contributed by atoms with van der Waals surface area (Å²) in [4.78, 5) is 30.0. The van der Waals surface area contributed by atoms with E-state index in [1.807, 2.05) is 46.0 Å². The fraction of sp³-hybridized carbons (Fsp3) is 0.412. The number of piperidine rings is 1. The normalized spacial score (nSPS) is 16.7. The second-order valence-corrected chi connectivity index (χ2v) is 12.4. The number of ether oxygens (including phenoxy) is 1. The molecule has 7 rings (SSSR count). The fourth-order valence-corrected chi connectivity index (χ4v) is 7.07. The van der Waals surface area contributed by atoms with Gasteiger partial charge >= 0.3 is 12.2 Å². The number of fused-ring (bicyclic) bond motifs is 2. The Morgan fingerprint density at radius 1 is 1.04 bits per heavy atom. The third kappa shape index (κ3) is 6.01. The molecule has 2 aromatic carbocycles. The highest BCUT2D eigenvalue weighted by Crippen LogP contribution is 2.43. The van der Waals surface area contributed by atoms with Gasteiger partial charge in [0.1, 0.15) is 6.61 Å². The molecule has 0 aliphatic carbocycles. The van der Waals surface area contributed by atoms with E-state index in [1.54, 1.807) is 35.1 Å². The molecular formula is C34H37F2N7O4. The second-order valence-electron chi connectivity index (χ2n) is 12.4. The number of alkyl halides is 2. The van der Waals surface area contributed by atoms with E-state index in [0.29, 0.717) is 68.1 Å². The summed E-state index contributed by atoms with van der Waals surface area (Å²) in [5.41, 5.74) is 5.35. The van der Waals surface area contributed by atoms with Crippen molar-refractivity contribution in [3.05, 3.63) is 82.8 Å². The lowest BCUT2D eigenvalue weighted by molar-refractivity contribution is 0.0818. The van der Waals surface area contributed by atoms with Crippen molar-refractivity contribution in [2.45, 2.75) is 57.7 Å². The number of nitrogens with zero attached hydrogens (tertiary/aromatic N) is 7. The number of likely N-dealkylation sites (tertiary alicyclic amines) is 1. The van der Waals surface area contributed by atoms with Gasteiger partial charge < -0.3 is 24.5 Å². The molecule has 13 heteroatoms. The van der Waals surface area contributed by atoms with E-state index in [2.05, 4.69) is 5.10 Å². The van der Waals surface area contributed by atoms with Gasteiger partial charge in [-0.3, -0.25) is 9.36 Å². The summed E-state index contributed by atoms with van der Waals surface area (Å²) in [5, 5.41) is 19.2. The minimum Gasteiger partial charge on any atom is -0.465 e. The Hall–Kier alpha value is -4.94. The summed E-state index contributed by atoms with van der Waals surface area (Å²) in [6, 6.07) is 13.0. The monoisotopic (exact) mass is 645 g/mol. The molecule has 2 aromatic heterocycles. The average Bonchev–Trinajstić information content (AvgIpc) is 3.70. The van der Waals surface area contributed by atoms with Gasteiger partial charge in [0.05, 0.1) is 18.8 Å². The topological polar surface area (TPSA) is 109 Å². The molecular weight excluding hydrogens is 608 g/mol. The highest BCUT2D eigenvalue weighted by atomic mass is 19.3. The number of carboxylic acid groups (broad SMARTS) is 1. The van der Waals surface area contributed by atoms with E-state index in [9.17, 15) is 23.5 Å². The van der Waals surface area contributed by atoms with E-state index in [0.717, 1.165) is 35.2 Å². The van der Waals surface area contributed by atoms with Gasteiger partial charge in [-0.25, -0.2) is 18.4 Å². The lowest BCUT2D eigenvalue weighted by atomic mass is 9.92. The van der Waals surface area contributed by atoms with Crippen LogP contribution in [-0.4, -0.2) is 72.8 Å². The molecule has 0 spiro atoms. The van der Waals surface area contributed by atoms with Crippen molar-refractivity contribution in [3.63, 3.8) is 0 Å². The molecule has 11 nitrogen and oxygen atoms in total. The van der Waals surface area contributed by atoms with Crippen LogP contribution in [0.5, 0.6) is 0 Å². The van der Waals surface area contributed by atoms with Crippen LogP contribution in [0.1, 0.15) is 59.7 Å². The molecule has 0 unspecified atom stereocenters. The average molecular weight is 646 g/mol. The molecule has 3 aliphatic heterocycles. The number of benzene rings is 2. The van der Waals surface area contributed by atoms with E-state index >= 15 is 0 Å². The summed E-state index contributed by atoms with van der Waals surface area (Å²) >= 11 is 0. The molecule has 1 saturated heterocycles. The van der Waals surface area contributed by atoms with Gasteiger partial charge in [-0.1, -0.05) is 30.3 Å². The number of anilines is 2. The first-order valence-corrected chi connectivity index (χ1v) is 16.0. The first-order valence-electron chi connectivity index (χ1n) is 16.0. The van der Waals surface area contributed by atoms with Crippen LogP contribution < -0.4 is 4.90 Å². The highest BCUT2D eigenvalue weighted by molar-refractivity contribution is 5.77. The van der Waals surface area contributed by atoms with Crippen LogP contribution in [0.3, 0.4) is 0 Å². The largest absolute Gasteiger partial charge is 0.465 e. The molecule has 1 N–H and O–H groups in total. The van der Waals surface area contributed by atoms with Crippen LogP contribution in [0.15, 0.2) is 54.9 Å². The maximum atomic E-state index is 14.5. The quantitative estimate of drug-likeness (QED) is 0.262. The zero-order valence-electron chi connectivity index (χ0n) is 26.2. The Labute approximate surface area is 270 Å². The summed E-state index contributed by atoms with van der Waals surface area (Å²) < 4.78 is 38.2. The standard InChI is InChI=1S/C34H37F2N7O4/c1-39-19-24(18-37-39)26-16-23-8-5-12-42(30(23)17-27(26)31(35)36)32-28-20-41(33(44)45)15-11-29(28)43(38-32)25-9-13-40(14-10-25)34(46)47-21-22-6-3-2-4-7-22/h2-4,6-7,16-19,25,31H,5,8-15,20-21H2,1H3,(H,44,45). The predicted octanol–water partition coefficient (Wildman–Crippen LogP) is 6.32. The van der Waals surface area contributed by atoms with Gasteiger partial charge in [-0.15, -0.1) is 0 Å². The Kier molecular flexibility index (Phi) is 8.29. The van der Waals surface area contributed by atoms with Crippen molar-refractivity contribution in [1.29, 1.82) is 0 Å². The van der Waals surface area contributed by atoms with Gasteiger partial charge in [0.15, 0.2) is 5.82 Å². The molecule has 0 atom stereocenters. The molecule has 47 heavy (non-hydrogen) atoms. The maximum absolute atomic E-state index is 14.5. The lowest BCUT2D eigenvalue weighted by Crippen LogP contribution is -2.40. The van der Waals surface area contributed by atoms with Crippen molar-refractivity contribution < 1.29 is 28.2 Å². The third-order valence-corrected chi connectivity index (χ3v) is 9.49. The van der Waals surface area contributed by atoms with E-state index in [4.69, 9.17) is 9.84 Å². The van der Waals surface area contributed by atoms with E-state index in [1.165, 1.54) is 4.90 Å². The smallest absolute Gasteiger partial charge is 0.410 e. The lowest BCUT2D eigenvalue weighted by Gasteiger charge is -2.33. The fourth-order valence-electron chi connectivity index (χ4n) is 7.07. The number of rotatable bonds is 6. The minimum atomic E-state index is -2.70. The number of aryl methyl sites for hydroxylation is 2. The maximum Gasteiger partial charge on any atom is 0.410 e. The zero-order chi connectivity index (χ0) is 32.7.